The molecule has 0 saturated heterocycles. The van der Waals surface area contributed by atoms with Crippen LogP contribution in [0.1, 0.15) is 12.5 Å². The topological polar surface area (TPSA) is 61.8 Å². The number of carbonyl (C=O) groups is 2. The lowest BCUT2D eigenvalue weighted by Gasteiger charge is -2.20. The minimum atomic E-state index is -0.336. The third kappa shape index (κ3) is 3.76. The second kappa shape index (κ2) is 7.26. The first-order valence-electron chi connectivity index (χ1n) is 7.02. The number of rotatable bonds is 5. The quantitative estimate of drug-likeness (QED) is 0.846. The minimum absolute atomic E-state index is 0.0787. The molecule has 1 atom stereocenters. The highest BCUT2D eigenvalue weighted by molar-refractivity contribution is 8.15. The number of anilines is 1. The molecule has 2 rings (SSSR count). The van der Waals surface area contributed by atoms with Gasteiger partial charge < -0.3 is 5.32 Å². The third-order valence-electron chi connectivity index (χ3n) is 3.15. The Morgan fingerprint density at radius 2 is 2.18 bits per heavy atom. The lowest BCUT2D eigenvalue weighted by Crippen LogP contribution is -2.35. The molecule has 0 spiro atoms. The summed E-state index contributed by atoms with van der Waals surface area (Å²) in [5, 5.41) is 2.97. The van der Waals surface area contributed by atoms with Gasteiger partial charge in [0.2, 0.25) is 5.91 Å². The summed E-state index contributed by atoms with van der Waals surface area (Å²) in [4.78, 5) is 29.8. The molecule has 22 heavy (non-hydrogen) atoms. The highest BCUT2D eigenvalue weighted by atomic mass is 32.2. The summed E-state index contributed by atoms with van der Waals surface area (Å²) in [5.74, 6) is -0.180. The van der Waals surface area contributed by atoms with Crippen molar-refractivity contribution in [3.05, 3.63) is 42.5 Å². The van der Waals surface area contributed by atoms with Gasteiger partial charge in [-0.25, -0.2) is 0 Å². The molecule has 0 radical (unpaired) electrons. The molecule has 1 N–H and O–H groups in total. The number of hydrogen-bond acceptors (Lipinski definition) is 4. The van der Waals surface area contributed by atoms with Gasteiger partial charge in [0.15, 0.2) is 5.17 Å². The van der Waals surface area contributed by atoms with E-state index < -0.39 is 0 Å². The first-order valence-corrected chi connectivity index (χ1v) is 7.90. The summed E-state index contributed by atoms with van der Waals surface area (Å²) in [5.41, 5.74) is 1.90. The first kappa shape index (κ1) is 16.3. The molecule has 2 amide bonds. The summed E-state index contributed by atoms with van der Waals surface area (Å²) in [6, 6.07) is 7.67. The van der Waals surface area contributed by atoms with Crippen LogP contribution in [-0.2, 0) is 9.59 Å². The van der Waals surface area contributed by atoms with Gasteiger partial charge in [0, 0.05) is 6.54 Å². The Labute approximate surface area is 134 Å². The van der Waals surface area contributed by atoms with E-state index in [1.807, 2.05) is 31.2 Å². The molecular weight excluding hydrogens is 298 g/mol. The van der Waals surface area contributed by atoms with Crippen molar-refractivity contribution >= 4 is 34.4 Å². The normalized spacial score (nSPS) is 15.5. The van der Waals surface area contributed by atoms with E-state index in [9.17, 15) is 9.59 Å². The van der Waals surface area contributed by atoms with Gasteiger partial charge in [-0.1, -0.05) is 35.5 Å². The standard InChI is InChI=1S/C16H19N3O2S/c1-4-9-17-15(21)12(3)22-16-18-10-14(20)19(16)13-7-5-11(2)6-8-13/h4-8,12H,1,9-10H2,2-3H3,(H,17,21)/t12-/m1/s1. The van der Waals surface area contributed by atoms with Crippen LogP contribution >= 0.6 is 11.8 Å². The van der Waals surface area contributed by atoms with Crippen LogP contribution in [0.25, 0.3) is 0 Å². The molecule has 6 heteroatoms. The summed E-state index contributed by atoms with van der Waals surface area (Å²) in [7, 11) is 0. The molecule has 0 fully saturated rings. The van der Waals surface area contributed by atoms with Crippen molar-refractivity contribution in [3.63, 3.8) is 0 Å². The van der Waals surface area contributed by atoms with E-state index in [2.05, 4.69) is 16.9 Å². The molecule has 5 nitrogen and oxygen atoms in total. The highest BCUT2D eigenvalue weighted by Gasteiger charge is 2.30. The molecule has 0 unspecified atom stereocenters. The van der Waals surface area contributed by atoms with Crippen molar-refractivity contribution in [3.8, 4) is 0 Å². The van der Waals surface area contributed by atoms with Crippen molar-refractivity contribution in [1.82, 2.24) is 5.32 Å². The Morgan fingerprint density at radius 1 is 1.50 bits per heavy atom. The van der Waals surface area contributed by atoms with Gasteiger partial charge in [0.05, 0.1) is 10.9 Å². The van der Waals surface area contributed by atoms with E-state index >= 15 is 0 Å². The van der Waals surface area contributed by atoms with Crippen molar-refractivity contribution in [2.24, 2.45) is 4.99 Å². The first-order chi connectivity index (χ1) is 10.5. The second-order valence-corrected chi connectivity index (χ2v) is 6.27. The molecular formula is C16H19N3O2S. The Balaban J connectivity index is 2.09. The molecule has 1 aliphatic heterocycles. The molecule has 1 aromatic carbocycles. The number of benzene rings is 1. The largest absolute Gasteiger partial charge is 0.352 e. The molecule has 116 valence electrons. The fraction of sp³-hybridized carbons (Fsp3) is 0.312. The molecule has 1 aromatic rings. The highest BCUT2D eigenvalue weighted by Crippen LogP contribution is 2.26. The number of thioether (sulfide) groups is 1. The summed E-state index contributed by atoms with van der Waals surface area (Å²) in [6.07, 6.45) is 1.63. The van der Waals surface area contributed by atoms with E-state index in [0.717, 1.165) is 11.3 Å². The summed E-state index contributed by atoms with van der Waals surface area (Å²) < 4.78 is 0. The molecule has 0 aliphatic carbocycles. The minimum Gasteiger partial charge on any atom is -0.352 e. The maximum atomic E-state index is 12.1. The van der Waals surface area contributed by atoms with Gasteiger partial charge >= 0.3 is 0 Å². The zero-order chi connectivity index (χ0) is 16.1. The smallest absolute Gasteiger partial charge is 0.254 e. The third-order valence-corrected chi connectivity index (χ3v) is 4.24. The zero-order valence-electron chi connectivity index (χ0n) is 12.7. The average Bonchev–Trinajstić information content (AvgIpc) is 2.86. The predicted molar refractivity (Wildman–Crippen MR) is 91.2 cm³/mol. The van der Waals surface area contributed by atoms with E-state index in [-0.39, 0.29) is 23.6 Å². The molecule has 0 saturated carbocycles. The van der Waals surface area contributed by atoms with Crippen molar-refractivity contribution in [2.45, 2.75) is 19.1 Å². The number of aliphatic imine (C=N–C) groups is 1. The number of amides is 2. The maximum Gasteiger partial charge on any atom is 0.254 e. The van der Waals surface area contributed by atoms with E-state index in [1.54, 1.807) is 17.9 Å². The Hall–Kier alpha value is -2.08. The lowest BCUT2D eigenvalue weighted by molar-refractivity contribution is -0.120. The van der Waals surface area contributed by atoms with Crippen LogP contribution in [0.4, 0.5) is 5.69 Å². The van der Waals surface area contributed by atoms with Crippen molar-refractivity contribution < 1.29 is 9.59 Å². The summed E-state index contributed by atoms with van der Waals surface area (Å²) >= 11 is 1.29. The van der Waals surface area contributed by atoms with Crippen LogP contribution in [0.15, 0.2) is 41.9 Å². The van der Waals surface area contributed by atoms with Crippen LogP contribution in [0.5, 0.6) is 0 Å². The van der Waals surface area contributed by atoms with Crippen LogP contribution in [0.2, 0.25) is 0 Å². The molecule has 0 aromatic heterocycles. The van der Waals surface area contributed by atoms with Crippen LogP contribution < -0.4 is 10.2 Å². The fourth-order valence-corrected chi connectivity index (χ4v) is 2.91. The van der Waals surface area contributed by atoms with Crippen molar-refractivity contribution in [1.29, 1.82) is 0 Å². The fourth-order valence-electron chi connectivity index (χ4n) is 1.95. The second-order valence-electron chi connectivity index (χ2n) is 4.96. The zero-order valence-corrected chi connectivity index (χ0v) is 13.5. The van der Waals surface area contributed by atoms with Gasteiger partial charge in [-0.2, -0.15) is 0 Å². The van der Waals surface area contributed by atoms with E-state index in [0.29, 0.717) is 11.7 Å². The maximum absolute atomic E-state index is 12.1. The number of amidine groups is 1. The Kier molecular flexibility index (Phi) is 5.38. The van der Waals surface area contributed by atoms with Crippen molar-refractivity contribution in [2.75, 3.05) is 18.0 Å². The molecule has 0 bridgehead atoms. The van der Waals surface area contributed by atoms with E-state index in [4.69, 9.17) is 0 Å². The monoisotopic (exact) mass is 317 g/mol. The Morgan fingerprint density at radius 3 is 2.82 bits per heavy atom. The average molecular weight is 317 g/mol. The lowest BCUT2D eigenvalue weighted by atomic mass is 10.2. The number of hydrogen-bond donors (Lipinski definition) is 1. The van der Waals surface area contributed by atoms with Gasteiger partial charge in [0.25, 0.3) is 5.91 Å². The van der Waals surface area contributed by atoms with Gasteiger partial charge in [0.1, 0.15) is 6.54 Å². The van der Waals surface area contributed by atoms with Crippen LogP contribution in [0, 0.1) is 6.92 Å². The van der Waals surface area contributed by atoms with Crippen LogP contribution in [-0.4, -0.2) is 35.3 Å². The predicted octanol–water partition coefficient (Wildman–Crippen LogP) is 2.12. The van der Waals surface area contributed by atoms with Gasteiger partial charge in [-0.3, -0.25) is 19.5 Å². The van der Waals surface area contributed by atoms with Crippen LogP contribution in [0.3, 0.4) is 0 Å². The molecule has 1 heterocycles. The van der Waals surface area contributed by atoms with Gasteiger partial charge in [-0.05, 0) is 26.0 Å². The summed E-state index contributed by atoms with van der Waals surface area (Å²) in [6.45, 7) is 7.90. The van der Waals surface area contributed by atoms with Gasteiger partial charge in [-0.15, -0.1) is 6.58 Å². The SMILES string of the molecule is C=CCNC(=O)[C@@H](C)SC1=NCC(=O)N1c1ccc(C)cc1. The Bertz CT molecular complexity index is 610. The molecule has 1 aliphatic rings. The van der Waals surface area contributed by atoms with E-state index in [1.165, 1.54) is 11.8 Å². The number of nitrogens with one attached hydrogen (secondary N) is 1. The number of nitrogens with zero attached hydrogens (tertiary/aromatic N) is 2. The number of carbonyl (C=O) groups excluding carboxylic acids is 2. The number of aryl methyl sites for hydroxylation is 1.